The van der Waals surface area contributed by atoms with Gasteiger partial charge in [-0.1, -0.05) is 54.6 Å². The van der Waals surface area contributed by atoms with Gasteiger partial charge in [-0.05, 0) is 37.0 Å². The fourth-order valence-electron chi connectivity index (χ4n) is 2.53. The fraction of sp³-hybridized carbons (Fsp3) is 0.316. The molecule has 116 valence electrons. The summed E-state index contributed by atoms with van der Waals surface area (Å²) >= 11 is 0. The lowest BCUT2D eigenvalue weighted by Gasteiger charge is -2.25. The number of benzene rings is 2. The lowest BCUT2D eigenvalue weighted by Crippen LogP contribution is -2.44. The number of hydrogen-bond acceptors (Lipinski definition) is 2. The van der Waals surface area contributed by atoms with Gasteiger partial charge in [0, 0.05) is 13.1 Å². The highest BCUT2D eigenvalue weighted by atomic mass is 16.2. The molecule has 3 nitrogen and oxygen atoms in total. The Bertz CT molecular complexity index is 610. The van der Waals surface area contributed by atoms with Crippen LogP contribution in [0.5, 0.6) is 0 Å². The first-order valence-corrected chi connectivity index (χ1v) is 7.74. The van der Waals surface area contributed by atoms with Gasteiger partial charge in [0.1, 0.15) is 0 Å². The predicted octanol–water partition coefficient (Wildman–Crippen LogP) is 2.91. The number of nitrogens with two attached hydrogens (primary N) is 1. The maximum Gasteiger partial charge on any atom is 0.240 e. The van der Waals surface area contributed by atoms with E-state index in [4.69, 9.17) is 5.73 Å². The van der Waals surface area contributed by atoms with E-state index in [1.54, 1.807) is 0 Å². The summed E-state index contributed by atoms with van der Waals surface area (Å²) in [7, 11) is 0. The number of hydrogen-bond donors (Lipinski definition) is 1. The van der Waals surface area contributed by atoms with Crippen molar-refractivity contribution >= 4 is 5.91 Å². The summed E-state index contributed by atoms with van der Waals surface area (Å²) in [6, 6.07) is 17.6. The molecule has 0 aliphatic carbocycles. The number of amides is 1. The second kappa shape index (κ2) is 7.76. The van der Waals surface area contributed by atoms with Crippen LogP contribution in [0, 0.1) is 6.92 Å². The molecule has 0 aliphatic rings. The van der Waals surface area contributed by atoms with E-state index in [2.05, 4.69) is 19.1 Å². The topological polar surface area (TPSA) is 46.3 Å². The van der Waals surface area contributed by atoms with E-state index in [0.29, 0.717) is 19.5 Å². The molecule has 3 heteroatoms. The second-order valence-corrected chi connectivity index (χ2v) is 5.58. The first kappa shape index (κ1) is 16.2. The van der Waals surface area contributed by atoms with Crippen molar-refractivity contribution in [3.05, 3.63) is 71.3 Å². The number of carbonyl (C=O) groups excluding carboxylic acids is 1. The summed E-state index contributed by atoms with van der Waals surface area (Å²) in [6.07, 6.45) is 0.573. The lowest BCUT2D eigenvalue weighted by molar-refractivity contribution is -0.133. The van der Waals surface area contributed by atoms with E-state index in [9.17, 15) is 4.79 Å². The third-order valence-electron chi connectivity index (χ3n) is 3.93. The molecule has 22 heavy (non-hydrogen) atoms. The summed E-state index contributed by atoms with van der Waals surface area (Å²) < 4.78 is 0. The first-order valence-electron chi connectivity index (χ1n) is 7.74. The van der Waals surface area contributed by atoms with Crippen LogP contribution in [0.3, 0.4) is 0 Å². The van der Waals surface area contributed by atoms with Gasteiger partial charge in [-0.2, -0.15) is 0 Å². The zero-order chi connectivity index (χ0) is 15.9. The third kappa shape index (κ3) is 4.18. The molecule has 0 heterocycles. The maximum absolute atomic E-state index is 12.6. The molecule has 1 amide bonds. The molecular formula is C19H24N2O. The summed E-state index contributed by atoms with van der Waals surface area (Å²) in [6.45, 7) is 5.34. The van der Waals surface area contributed by atoms with Crippen LogP contribution in [-0.2, 0) is 17.8 Å². The fourth-order valence-corrected chi connectivity index (χ4v) is 2.53. The van der Waals surface area contributed by atoms with Gasteiger partial charge in [-0.25, -0.2) is 0 Å². The number of aryl methyl sites for hydroxylation is 1. The van der Waals surface area contributed by atoms with Crippen LogP contribution in [-0.4, -0.2) is 23.4 Å². The van der Waals surface area contributed by atoms with Gasteiger partial charge in [0.15, 0.2) is 0 Å². The van der Waals surface area contributed by atoms with Crippen molar-refractivity contribution < 1.29 is 4.79 Å². The smallest absolute Gasteiger partial charge is 0.240 e. The largest absolute Gasteiger partial charge is 0.337 e. The number of rotatable bonds is 6. The molecule has 2 aromatic carbocycles. The molecule has 0 fully saturated rings. The van der Waals surface area contributed by atoms with Crippen LogP contribution in [0.2, 0.25) is 0 Å². The third-order valence-corrected chi connectivity index (χ3v) is 3.93. The monoisotopic (exact) mass is 296 g/mol. The minimum atomic E-state index is -0.494. The van der Waals surface area contributed by atoms with Crippen LogP contribution < -0.4 is 5.73 Å². The Morgan fingerprint density at radius 2 is 1.73 bits per heavy atom. The molecule has 0 aromatic heterocycles. The number of likely N-dealkylation sites (N-methyl/N-ethyl adjacent to an activating group) is 1. The van der Waals surface area contributed by atoms with Crippen LogP contribution >= 0.6 is 0 Å². The molecule has 2 rings (SSSR count). The molecule has 0 aliphatic heterocycles. The van der Waals surface area contributed by atoms with Crippen molar-refractivity contribution in [2.75, 3.05) is 6.54 Å². The minimum absolute atomic E-state index is 0.00889. The molecule has 0 saturated carbocycles. The number of carbonyl (C=O) groups is 1. The van der Waals surface area contributed by atoms with Gasteiger partial charge in [0.2, 0.25) is 5.91 Å². The van der Waals surface area contributed by atoms with E-state index in [0.717, 1.165) is 5.56 Å². The van der Waals surface area contributed by atoms with Crippen molar-refractivity contribution in [3.8, 4) is 0 Å². The van der Waals surface area contributed by atoms with Crippen molar-refractivity contribution in [2.45, 2.75) is 32.9 Å². The molecule has 0 saturated heterocycles. The Labute approximate surface area is 132 Å². The summed E-state index contributed by atoms with van der Waals surface area (Å²) in [5.41, 5.74) is 9.59. The quantitative estimate of drug-likeness (QED) is 0.891. The van der Waals surface area contributed by atoms with Gasteiger partial charge in [0.05, 0.1) is 6.04 Å². The van der Waals surface area contributed by atoms with E-state index < -0.39 is 6.04 Å². The summed E-state index contributed by atoms with van der Waals surface area (Å²) in [5.74, 6) is 0.00889. The van der Waals surface area contributed by atoms with Crippen LogP contribution in [0.25, 0.3) is 0 Å². The van der Waals surface area contributed by atoms with Gasteiger partial charge in [-0.3, -0.25) is 4.79 Å². The Morgan fingerprint density at radius 1 is 1.09 bits per heavy atom. The molecule has 0 radical (unpaired) electrons. The molecule has 2 N–H and O–H groups in total. The average molecular weight is 296 g/mol. The normalized spacial score (nSPS) is 12.0. The Hall–Kier alpha value is -2.13. The highest BCUT2D eigenvalue weighted by molar-refractivity contribution is 5.82. The SMILES string of the molecule is CCN(Cc1ccccc1C)C(=O)[C@@H](N)Cc1ccccc1. The average Bonchev–Trinajstić information content (AvgIpc) is 2.54. The summed E-state index contributed by atoms with van der Waals surface area (Å²) in [5, 5.41) is 0. The van der Waals surface area contributed by atoms with Crippen molar-refractivity contribution in [1.82, 2.24) is 4.90 Å². The van der Waals surface area contributed by atoms with Gasteiger partial charge in [-0.15, -0.1) is 0 Å². The molecule has 1 atom stereocenters. The van der Waals surface area contributed by atoms with Crippen molar-refractivity contribution in [1.29, 1.82) is 0 Å². The lowest BCUT2D eigenvalue weighted by atomic mass is 10.0. The van der Waals surface area contributed by atoms with E-state index >= 15 is 0 Å². The number of nitrogens with zero attached hydrogens (tertiary/aromatic N) is 1. The zero-order valence-electron chi connectivity index (χ0n) is 13.3. The highest BCUT2D eigenvalue weighted by Crippen LogP contribution is 2.12. The zero-order valence-corrected chi connectivity index (χ0v) is 13.3. The van der Waals surface area contributed by atoms with Crippen LogP contribution in [0.1, 0.15) is 23.6 Å². The second-order valence-electron chi connectivity index (χ2n) is 5.58. The van der Waals surface area contributed by atoms with E-state index in [1.165, 1.54) is 11.1 Å². The van der Waals surface area contributed by atoms with Gasteiger partial charge >= 0.3 is 0 Å². The highest BCUT2D eigenvalue weighted by Gasteiger charge is 2.20. The van der Waals surface area contributed by atoms with E-state index in [1.807, 2.05) is 54.3 Å². The molecule has 0 unspecified atom stereocenters. The maximum atomic E-state index is 12.6. The molecule has 0 spiro atoms. The standard InChI is InChI=1S/C19H24N2O/c1-3-21(14-17-12-8-7-9-15(17)2)19(22)18(20)13-16-10-5-4-6-11-16/h4-12,18H,3,13-14,20H2,1-2H3/t18-/m0/s1. The Kier molecular flexibility index (Phi) is 5.73. The molecular weight excluding hydrogens is 272 g/mol. The van der Waals surface area contributed by atoms with Gasteiger partial charge < -0.3 is 10.6 Å². The molecule has 0 bridgehead atoms. The van der Waals surface area contributed by atoms with Crippen molar-refractivity contribution in [2.24, 2.45) is 5.73 Å². The minimum Gasteiger partial charge on any atom is -0.337 e. The Morgan fingerprint density at radius 3 is 2.36 bits per heavy atom. The predicted molar refractivity (Wildman–Crippen MR) is 90.4 cm³/mol. The first-order chi connectivity index (χ1) is 10.6. The van der Waals surface area contributed by atoms with Gasteiger partial charge in [0.25, 0.3) is 0 Å². The van der Waals surface area contributed by atoms with E-state index in [-0.39, 0.29) is 5.91 Å². The summed E-state index contributed by atoms with van der Waals surface area (Å²) in [4.78, 5) is 14.4. The van der Waals surface area contributed by atoms with Crippen LogP contribution in [0.15, 0.2) is 54.6 Å². The van der Waals surface area contributed by atoms with Crippen molar-refractivity contribution in [3.63, 3.8) is 0 Å². The van der Waals surface area contributed by atoms with Crippen LogP contribution in [0.4, 0.5) is 0 Å². The Balaban J connectivity index is 2.03. The molecule has 2 aromatic rings.